The zero-order chi connectivity index (χ0) is 9.76. The van der Waals surface area contributed by atoms with E-state index in [1.54, 1.807) is 0 Å². The predicted octanol–water partition coefficient (Wildman–Crippen LogP) is 0.932. The van der Waals surface area contributed by atoms with Crippen molar-refractivity contribution >= 4 is 18.3 Å². The SMILES string of the molecule is CCC1(C(=O)NC2[C@H]3CNC[C@@H]23)CC1.Cl. The number of carbonyl (C=O) groups is 1. The summed E-state index contributed by atoms with van der Waals surface area (Å²) in [4.78, 5) is 11.9. The average molecular weight is 231 g/mol. The van der Waals surface area contributed by atoms with Crippen molar-refractivity contribution in [3.8, 4) is 0 Å². The molecule has 0 radical (unpaired) electrons. The molecule has 2 aliphatic carbocycles. The van der Waals surface area contributed by atoms with E-state index < -0.39 is 0 Å². The predicted molar refractivity (Wildman–Crippen MR) is 61.0 cm³/mol. The monoisotopic (exact) mass is 230 g/mol. The van der Waals surface area contributed by atoms with Crippen molar-refractivity contribution in [3.05, 3.63) is 0 Å². The second kappa shape index (κ2) is 3.63. The molecule has 86 valence electrons. The molecule has 1 aliphatic heterocycles. The molecule has 3 rings (SSSR count). The van der Waals surface area contributed by atoms with Crippen LogP contribution in [0, 0.1) is 17.3 Å². The number of piperidine rings is 1. The van der Waals surface area contributed by atoms with Gasteiger partial charge in [0, 0.05) is 24.5 Å². The van der Waals surface area contributed by atoms with Crippen LogP contribution < -0.4 is 10.6 Å². The number of carbonyl (C=O) groups excluding carboxylic acids is 1. The third kappa shape index (κ3) is 1.66. The van der Waals surface area contributed by atoms with E-state index in [2.05, 4.69) is 17.6 Å². The molecule has 4 heteroatoms. The maximum absolute atomic E-state index is 11.9. The summed E-state index contributed by atoms with van der Waals surface area (Å²) in [5.74, 6) is 1.82. The van der Waals surface area contributed by atoms with E-state index in [9.17, 15) is 4.79 Å². The second-order valence-electron chi connectivity index (χ2n) is 5.12. The van der Waals surface area contributed by atoms with E-state index in [0.717, 1.165) is 44.2 Å². The number of nitrogens with one attached hydrogen (secondary N) is 2. The van der Waals surface area contributed by atoms with Crippen LogP contribution in [0.25, 0.3) is 0 Å². The Hall–Kier alpha value is -0.280. The van der Waals surface area contributed by atoms with E-state index in [1.807, 2.05) is 0 Å². The van der Waals surface area contributed by atoms with E-state index in [-0.39, 0.29) is 17.8 Å². The highest BCUT2D eigenvalue weighted by Gasteiger charge is 2.56. The molecule has 1 saturated heterocycles. The first kappa shape index (κ1) is 11.2. The number of halogens is 1. The Kier molecular flexibility index (Phi) is 2.72. The summed E-state index contributed by atoms with van der Waals surface area (Å²) in [6.07, 6.45) is 3.23. The zero-order valence-electron chi connectivity index (χ0n) is 9.08. The van der Waals surface area contributed by atoms with Gasteiger partial charge in [0.1, 0.15) is 0 Å². The highest BCUT2D eigenvalue weighted by Crippen LogP contribution is 2.50. The lowest BCUT2D eigenvalue weighted by atomic mass is 10.0. The highest BCUT2D eigenvalue weighted by molar-refractivity contribution is 5.86. The minimum atomic E-state index is 0. The molecule has 2 N–H and O–H groups in total. The van der Waals surface area contributed by atoms with Crippen LogP contribution in [0.3, 0.4) is 0 Å². The van der Waals surface area contributed by atoms with E-state index in [1.165, 1.54) is 0 Å². The summed E-state index contributed by atoms with van der Waals surface area (Å²) in [5.41, 5.74) is 0.0459. The van der Waals surface area contributed by atoms with Gasteiger partial charge in [-0.1, -0.05) is 6.92 Å². The molecule has 1 amide bonds. The Labute approximate surface area is 96.8 Å². The van der Waals surface area contributed by atoms with Crippen molar-refractivity contribution in [3.63, 3.8) is 0 Å². The van der Waals surface area contributed by atoms with Gasteiger partial charge in [-0.2, -0.15) is 0 Å². The number of hydrogen-bond acceptors (Lipinski definition) is 2. The van der Waals surface area contributed by atoms with Gasteiger partial charge in [-0.05, 0) is 31.1 Å². The Morgan fingerprint density at radius 1 is 1.40 bits per heavy atom. The fourth-order valence-corrected chi connectivity index (χ4v) is 2.83. The topological polar surface area (TPSA) is 41.1 Å². The summed E-state index contributed by atoms with van der Waals surface area (Å²) in [5, 5.41) is 6.57. The van der Waals surface area contributed by atoms with Gasteiger partial charge in [-0.25, -0.2) is 0 Å². The smallest absolute Gasteiger partial charge is 0.226 e. The molecule has 0 aromatic rings. The zero-order valence-corrected chi connectivity index (χ0v) is 9.90. The summed E-state index contributed by atoms with van der Waals surface area (Å²) < 4.78 is 0. The van der Waals surface area contributed by atoms with Crippen molar-refractivity contribution < 1.29 is 4.79 Å². The molecule has 3 aliphatic rings. The molecule has 0 aromatic heterocycles. The minimum Gasteiger partial charge on any atom is -0.352 e. The first-order valence-corrected chi connectivity index (χ1v) is 5.78. The Bertz CT molecular complexity index is 268. The Morgan fingerprint density at radius 2 is 2.00 bits per heavy atom. The first-order chi connectivity index (χ1) is 6.77. The number of rotatable bonds is 3. The third-order valence-electron chi connectivity index (χ3n) is 4.40. The van der Waals surface area contributed by atoms with Crippen LogP contribution in [-0.2, 0) is 4.79 Å². The van der Waals surface area contributed by atoms with Crippen LogP contribution in [0.5, 0.6) is 0 Å². The van der Waals surface area contributed by atoms with E-state index in [0.29, 0.717) is 11.9 Å². The largest absolute Gasteiger partial charge is 0.352 e. The standard InChI is InChI=1S/C11H18N2O.ClH/c1-2-11(3-4-11)10(14)13-9-7-5-12-6-8(7)9;/h7-9,12H,2-6H2,1H3,(H,13,14);1H/t7-,8+,9?;. The summed E-state index contributed by atoms with van der Waals surface area (Å²) >= 11 is 0. The third-order valence-corrected chi connectivity index (χ3v) is 4.40. The quantitative estimate of drug-likeness (QED) is 0.758. The van der Waals surface area contributed by atoms with Gasteiger partial charge >= 0.3 is 0 Å². The molecule has 3 atom stereocenters. The molecule has 3 fully saturated rings. The van der Waals surface area contributed by atoms with Crippen molar-refractivity contribution in [2.45, 2.75) is 32.2 Å². The number of amides is 1. The Morgan fingerprint density at radius 3 is 2.47 bits per heavy atom. The van der Waals surface area contributed by atoms with Gasteiger partial charge in [0.05, 0.1) is 0 Å². The molecule has 1 unspecified atom stereocenters. The normalized spacial score (nSPS) is 38.9. The fourth-order valence-electron chi connectivity index (χ4n) is 2.83. The van der Waals surface area contributed by atoms with Crippen LogP contribution in [0.2, 0.25) is 0 Å². The first-order valence-electron chi connectivity index (χ1n) is 5.78. The van der Waals surface area contributed by atoms with Gasteiger partial charge in [0.15, 0.2) is 0 Å². The maximum atomic E-state index is 11.9. The second-order valence-corrected chi connectivity index (χ2v) is 5.12. The maximum Gasteiger partial charge on any atom is 0.226 e. The number of hydrogen-bond donors (Lipinski definition) is 2. The summed E-state index contributed by atoms with van der Waals surface area (Å²) in [7, 11) is 0. The lowest BCUT2D eigenvalue weighted by Crippen LogP contribution is -2.37. The molecular formula is C11H19ClN2O. The molecule has 0 bridgehead atoms. The molecule has 0 spiro atoms. The minimum absolute atomic E-state index is 0. The molecule has 0 aromatic carbocycles. The van der Waals surface area contributed by atoms with Gasteiger partial charge in [0.2, 0.25) is 5.91 Å². The van der Waals surface area contributed by atoms with Crippen LogP contribution in [0.15, 0.2) is 0 Å². The fraction of sp³-hybridized carbons (Fsp3) is 0.909. The van der Waals surface area contributed by atoms with Crippen LogP contribution in [0.1, 0.15) is 26.2 Å². The highest BCUT2D eigenvalue weighted by atomic mass is 35.5. The average Bonchev–Trinajstić information content (AvgIpc) is 3.06. The summed E-state index contributed by atoms with van der Waals surface area (Å²) in [6, 6.07) is 0.507. The van der Waals surface area contributed by atoms with Gasteiger partial charge < -0.3 is 10.6 Å². The molecule has 1 heterocycles. The molecule has 15 heavy (non-hydrogen) atoms. The van der Waals surface area contributed by atoms with Crippen LogP contribution in [0.4, 0.5) is 0 Å². The van der Waals surface area contributed by atoms with Gasteiger partial charge in [-0.15, -0.1) is 12.4 Å². The Balaban J connectivity index is 0.000000853. The lowest BCUT2D eigenvalue weighted by Gasteiger charge is -2.14. The van der Waals surface area contributed by atoms with Crippen molar-refractivity contribution in [2.24, 2.45) is 17.3 Å². The summed E-state index contributed by atoms with van der Waals surface area (Å²) in [6.45, 7) is 4.34. The van der Waals surface area contributed by atoms with Crippen LogP contribution in [-0.4, -0.2) is 25.0 Å². The lowest BCUT2D eigenvalue weighted by molar-refractivity contribution is -0.126. The van der Waals surface area contributed by atoms with Gasteiger partial charge in [-0.3, -0.25) is 4.79 Å². The van der Waals surface area contributed by atoms with Gasteiger partial charge in [0.25, 0.3) is 0 Å². The molecular weight excluding hydrogens is 212 g/mol. The van der Waals surface area contributed by atoms with Crippen molar-refractivity contribution in [1.82, 2.24) is 10.6 Å². The van der Waals surface area contributed by atoms with Crippen molar-refractivity contribution in [2.75, 3.05) is 13.1 Å². The molecule has 3 nitrogen and oxygen atoms in total. The molecule has 2 saturated carbocycles. The van der Waals surface area contributed by atoms with E-state index >= 15 is 0 Å². The number of fused-ring (bicyclic) bond motifs is 1. The van der Waals surface area contributed by atoms with Crippen LogP contribution >= 0.6 is 12.4 Å². The van der Waals surface area contributed by atoms with Crippen molar-refractivity contribution in [1.29, 1.82) is 0 Å². The van der Waals surface area contributed by atoms with E-state index in [4.69, 9.17) is 0 Å².